The highest BCUT2D eigenvalue weighted by Crippen LogP contribution is 2.38. The summed E-state index contributed by atoms with van der Waals surface area (Å²) in [4.78, 5) is 10.9. The van der Waals surface area contributed by atoms with Crippen molar-refractivity contribution in [2.75, 3.05) is 4.31 Å². The van der Waals surface area contributed by atoms with Gasteiger partial charge in [0.25, 0.3) is 10.0 Å². The molecule has 0 radical (unpaired) electrons. The summed E-state index contributed by atoms with van der Waals surface area (Å²) >= 11 is 0.920. The third-order valence-corrected chi connectivity index (χ3v) is 6.51. The summed E-state index contributed by atoms with van der Waals surface area (Å²) in [5.41, 5.74) is 1.59. The number of benzene rings is 1. The zero-order chi connectivity index (χ0) is 15.2. The van der Waals surface area contributed by atoms with E-state index in [4.69, 9.17) is 5.11 Å². The third kappa shape index (κ3) is 2.13. The number of carbonyl (C=O) groups is 1. The van der Waals surface area contributed by atoms with Crippen LogP contribution in [0.25, 0.3) is 0 Å². The van der Waals surface area contributed by atoms with Crippen molar-refractivity contribution in [2.24, 2.45) is 0 Å². The first kappa shape index (κ1) is 14.1. The van der Waals surface area contributed by atoms with Crippen LogP contribution in [-0.2, 0) is 16.4 Å². The Bertz CT molecular complexity index is 810. The maximum Gasteiger partial charge on any atom is 0.347 e. The van der Waals surface area contributed by atoms with Crippen molar-refractivity contribution < 1.29 is 18.3 Å². The minimum absolute atomic E-state index is 0.136. The molecule has 5 nitrogen and oxygen atoms in total. The van der Waals surface area contributed by atoms with Gasteiger partial charge in [0.2, 0.25) is 0 Å². The van der Waals surface area contributed by atoms with Crippen molar-refractivity contribution in [1.82, 2.24) is 0 Å². The van der Waals surface area contributed by atoms with Gasteiger partial charge in [-0.2, -0.15) is 0 Å². The Hall–Kier alpha value is -1.86. The zero-order valence-corrected chi connectivity index (χ0v) is 12.8. The van der Waals surface area contributed by atoms with Gasteiger partial charge in [-0.3, -0.25) is 4.31 Å². The number of nitrogens with zero attached hydrogens (tertiary/aromatic N) is 1. The Balaban J connectivity index is 2.15. The number of sulfonamides is 1. The van der Waals surface area contributed by atoms with Gasteiger partial charge in [-0.25, -0.2) is 13.2 Å². The van der Waals surface area contributed by atoms with Crippen LogP contribution in [0.4, 0.5) is 5.69 Å². The molecule has 0 saturated heterocycles. The molecule has 0 saturated carbocycles. The average molecular weight is 323 g/mol. The van der Waals surface area contributed by atoms with E-state index < -0.39 is 16.0 Å². The molecule has 1 aliphatic heterocycles. The van der Waals surface area contributed by atoms with Gasteiger partial charge in [0, 0.05) is 6.04 Å². The van der Waals surface area contributed by atoms with Gasteiger partial charge in [-0.05, 0) is 36.4 Å². The quantitative estimate of drug-likeness (QED) is 0.942. The zero-order valence-electron chi connectivity index (χ0n) is 11.2. The molecule has 1 atom stereocenters. The van der Waals surface area contributed by atoms with Gasteiger partial charge >= 0.3 is 5.97 Å². The molecule has 7 heteroatoms. The van der Waals surface area contributed by atoms with Crippen molar-refractivity contribution in [1.29, 1.82) is 0 Å². The van der Waals surface area contributed by atoms with Crippen LogP contribution in [0, 0.1) is 0 Å². The number of thiophene rings is 1. The van der Waals surface area contributed by atoms with Crippen molar-refractivity contribution in [3.05, 3.63) is 46.2 Å². The van der Waals surface area contributed by atoms with E-state index in [2.05, 4.69) is 0 Å². The van der Waals surface area contributed by atoms with E-state index in [1.165, 1.54) is 15.8 Å². The second-order valence-electron chi connectivity index (χ2n) is 4.90. The topological polar surface area (TPSA) is 74.7 Å². The molecule has 2 aromatic rings. The van der Waals surface area contributed by atoms with E-state index >= 15 is 0 Å². The lowest BCUT2D eigenvalue weighted by atomic mass is 10.1. The Morgan fingerprint density at radius 3 is 2.76 bits per heavy atom. The number of para-hydroxylation sites is 1. The van der Waals surface area contributed by atoms with Gasteiger partial charge in [-0.1, -0.05) is 18.2 Å². The summed E-state index contributed by atoms with van der Waals surface area (Å²) < 4.78 is 27.1. The fourth-order valence-electron chi connectivity index (χ4n) is 2.67. The molecule has 0 aliphatic carbocycles. The van der Waals surface area contributed by atoms with E-state index in [9.17, 15) is 13.2 Å². The molecule has 1 aliphatic rings. The second kappa shape index (κ2) is 4.85. The van der Waals surface area contributed by atoms with Crippen LogP contribution >= 0.6 is 11.3 Å². The second-order valence-corrected chi connectivity index (χ2v) is 7.60. The minimum atomic E-state index is -3.87. The molecule has 0 amide bonds. The highest BCUT2D eigenvalue weighted by Gasteiger charge is 2.38. The Labute approximate surface area is 126 Å². The summed E-state index contributed by atoms with van der Waals surface area (Å²) in [5.74, 6) is -1.22. The summed E-state index contributed by atoms with van der Waals surface area (Å²) in [6.07, 6.45) is 0.627. The summed E-state index contributed by atoms with van der Waals surface area (Å²) in [7, 11) is -3.87. The first-order valence-corrected chi connectivity index (χ1v) is 8.68. The van der Waals surface area contributed by atoms with Crippen molar-refractivity contribution in [3.8, 4) is 0 Å². The minimum Gasteiger partial charge on any atom is -0.477 e. The number of carboxylic acids is 1. The fraction of sp³-hybridized carbons (Fsp3) is 0.214. The van der Waals surface area contributed by atoms with Gasteiger partial charge in [-0.15, -0.1) is 11.3 Å². The average Bonchev–Trinajstić information content (AvgIpc) is 3.01. The van der Waals surface area contributed by atoms with Crippen LogP contribution in [0.3, 0.4) is 0 Å². The molecular weight excluding hydrogens is 310 g/mol. The van der Waals surface area contributed by atoms with E-state index in [0.717, 1.165) is 16.9 Å². The summed E-state index contributed by atoms with van der Waals surface area (Å²) in [6, 6.07) is 8.43. The van der Waals surface area contributed by atoms with Crippen molar-refractivity contribution >= 4 is 33.0 Å². The number of hydrogen-bond donors (Lipinski definition) is 1. The highest BCUT2D eigenvalue weighted by molar-refractivity contribution is 7.93. The van der Waals surface area contributed by atoms with E-state index in [1.54, 1.807) is 12.1 Å². The number of fused-ring (bicyclic) bond motifs is 1. The number of hydrogen-bond acceptors (Lipinski definition) is 4. The van der Waals surface area contributed by atoms with E-state index in [0.29, 0.717) is 12.1 Å². The van der Waals surface area contributed by atoms with Crippen LogP contribution in [-0.4, -0.2) is 25.5 Å². The summed E-state index contributed by atoms with van der Waals surface area (Å²) in [5, 5.41) is 10.6. The predicted octanol–water partition coefficient (Wildman–Crippen LogP) is 2.59. The lowest BCUT2D eigenvalue weighted by Gasteiger charge is -2.24. The van der Waals surface area contributed by atoms with Crippen molar-refractivity contribution in [2.45, 2.75) is 24.3 Å². The monoisotopic (exact) mass is 323 g/mol. The lowest BCUT2D eigenvalue weighted by molar-refractivity contribution is 0.0698. The Morgan fingerprint density at radius 2 is 2.05 bits per heavy atom. The van der Waals surface area contributed by atoms with E-state index in [-0.39, 0.29) is 15.8 Å². The first-order chi connectivity index (χ1) is 9.93. The van der Waals surface area contributed by atoms with Gasteiger partial charge in [0.1, 0.15) is 9.77 Å². The fourth-order valence-corrected chi connectivity index (χ4v) is 5.60. The molecule has 1 N–H and O–H groups in total. The van der Waals surface area contributed by atoms with Gasteiger partial charge in [0.15, 0.2) is 0 Å². The van der Waals surface area contributed by atoms with Gasteiger partial charge in [0.05, 0.1) is 5.69 Å². The van der Waals surface area contributed by atoms with Crippen molar-refractivity contribution in [3.63, 3.8) is 0 Å². The van der Waals surface area contributed by atoms with E-state index in [1.807, 2.05) is 19.1 Å². The number of carboxylic acid groups (broad SMARTS) is 1. The number of anilines is 1. The van der Waals surface area contributed by atoms with Crippen LogP contribution in [0.2, 0.25) is 0 Å². The smallest absolute Gasteiger partial charge is 0.347 e. The molecule has 0 bridgehead atoms. The molecular formula is C14H13NO4S2. The molecule has 1 unspecified atom stereocenters. The Morgan fingerprint density at radius 1 is 1.33 bits per heavy atom. The SMILES string of the molecule is CC1Cc2ccccc2N1S(=O)(=O)c1ccsc1C(=O)O. The number of aromatic carboxylic acids is 1. The molecule has 1 aromatic heterocycles. The first-order valence-electron chi connectivity index (χ1n) is 6.36. The van der Waals surface area contributed by atoms with Crippen LogP contribution in [0.1, 0.15) is 22.2 Å². The molecule has 0 fully saturated rings. The molecule has 110 valence electrons. The van der Waals surface area contributed by atoms with Crippen LogP contribution in [0.5, 0.6) is 0 Å². The maximum absolute atomic E-state index is 12.9. The Kier molecular flexibility index (Phi) is 3.26. The standard InChI is InChI=1S/C14H13NO4S2/c1-9-8-10-4-2-3-5-11(10)15(9)21(18,19)12-6-7-20-13(12)14(16)17/h2-7,9H,8H2,1H3,(H,16,17). The molecule has 3 rings (SSSR count). The van der Waals surface area contributed by atoms with Crippen LogP contribution < -0.4 is 4.31 Å². The largest absolute Gasteiger partial charge is 0.477 e. The number of rotatable bonds is 3. The maximum atomic E-state index is 12.9. The lowest BCUT2D eigenvalue weighted by Crippen LogP contribution is -2.36. The predicted molar refractivity (Wildman–Crippen MR) is 80.6 cm³/mol. The molecule has 0 spiro atoms. The third-order valence-electron chi connectivity index (χ3n) is 3.50. The van der Waals surface area contributed by atoms with Gasteiger partial charge < -0.3 is 5.11 Å². The molecule has 2 heterocycles. The molecule has 21 heavy (non-hydrogen) atoms. The van der Waals surface area contributed by atoms with Crippen LogP contribution in [0.15, 0.2) is 40.6 Å². The highest BCUT2D eigenvalue weighted by atomic mass is 32.2. The summed E-state index contributed by atoms with van der Waals surface area (Å²) in [6.45, 7) is 1.82. The normalized spacial score (nSPS) is 17.8. The molecule has 1 aromatic carbocycles.